The minimum Gasteiger partial charge on any atom is -0.310 e. The van der Waals surface area contributed by atoms with Gasteiger partial charge in [-0.15, -0.1) is 0 Å². The van der Waals surface area contributed by atoms with E-state index in [1.807, 2.05) is 0 Å². The molecule has 120 valence electrons. The lowest BCUT2D eigenvalue weighted by Gasteiger charge is -2.23. The maximum absolute atomic E-state index is 3.72. The van der Waals surface area contributed by atoms with Crippen molar-refractivity contribution in [3.05, 3.63) is 34.9 Å². The Kier molecular flexibility index (Phi) is 8.63. The number of hydrogen-bond donors (Lipinski definition) is 1. The van der Waals surface area contributed by atoms with Crippen LogP contribution in [-0.2, 0) is 0 Å². The molecule has 0 aromatic heterocycles. The molecule has 2 heteroatoms. The minimum absolute atomic E-state index is 0.479. The van der Waals surface area contributed by atoms with Crippen LogP contribution in [0.4, 0.5) is 0 Å². The molecule has 21 heavy (non-hydrogen) atoms. The van der Waals surface area contributed by atoms with Crippen molar-refractivity contribution < 1.29 is 0 Å². The first kappa shape index (κ1) is 18.2. The van der Waals surface area contributed by atoms with Gasteiger partial charge >= 0.3 is 0 Å². The summed E-state index contributed by atoms with van der Waals surface area (Å²) in [6.07, 6.45) is 4.95. The van der Waals surface area contributed by atoms with Crippen LogP contribution in [0.15, 0.2) is 18.2 Å². The van der Waals surface area contributed by atoms with Gasteiger partial charge in [0.15, 0.2) is 0 Å². The molecular formula is C19H34N2. The van der Waals surface area contributed by atoms with Gasteiger partial charge in [-0.3, -0.25) is 0 Å². The van der Waals surface area contributed by atoms with Gasteiger partial charge in [-0.2, -0.15) is 0 Å². The highest BCUT2D eigenvalue weighted by Crippen LogP contribution is 2.20. The van der Waals surface area contributed by atoms with Gasteiger partial charge in [0, 0.05) is 6.04 Å². The predicted octanol–water partition coefficient (Wildman–Crippen LogP) is 4.47. The molecular weight excluding hydrogens is 256 g/mol. The monoisotopic (exact) mass is 290 g/mol. The zero-order valence-electron chi connectivity index (χ0n) is 14.7. The van der Waals surface area contributed by atoms with Gasteiger partial charge in [0.05, 0.1) is 0 Å². The summed E-state index contributed by atoms with van der Waals surface area (Å²) in [6.45, 7) is 12.4. The molecule has 1 aromatic rings. The number of unbranched alkanes of at least 4 members (excludes halogenated alkanes) is 1. The van der Waals surface area contributed by atoms with Crippen molar-refractivity contribution in [3.63, 3.8) is 0 Å². The summed E-state index contributed by atoms with van der Waals surface area (Å²) in [5.74, 6) is 0. The van der Waals surface area contributed by atoms with Gasteiger partial charge < -0.3 is 10.2 Å². The van der Waals surface area contributed by atoms with E-state index in [0.29, 0.717) is 6.04 Å². The van der Waals surface area contributed by atoms with Crippen molar-refractivity contribution in [2.45, 2.75) is 59.4 Å². The first-order valence-corrected chi connectivity index (χ1v) is 8.57. The van der Waals surface area contributed by atoms with E-state index < -0.39 is 0 Å². The van der Waals surface area contributed by atoms with Crippen molar-refractivity contribution in [1.29, 1.82) is 0 Å². The molecule has 0 heterocycles. The van der Waals surface area contributed by atoms with E-state index >= 15 is 0 Å². The van der Waals surface area contributed by atoms with Crippen molar-refractivity contribution in [2.24, 2.45) is 0 Å². The smallest absolute Gasteiger partial charge is 0.0332 e. The lowest BCUT2D eigenvalue weighted by molar-refractivity contribution is 0.302. The van der Waals surface area contributed by atoms with Crippen LogP contribution in [0, 0.1) is 13.8 Å². The Morgan fingerprint density at radius 3 is 2.24 bits per heavy atom. The standard InChI is InChI=1S/C19H34N2/c1-6-8-11-21(5)12-9-19(20-10-7-2)18-14-16(3)13-17(4)15-18/h13-15,19-20H,6-12H2,1-5H3. The molecule has 0 saturated carbocycles. The zero-order valence-corrected chi connectivity index (χ0v) is 14.7. The number of nitrogens with one attached hydrogen (secondary N) is 1. The largest absolute Gasteiger partial charge is 0.310 e. The van der Waals surface area contributed by atoms with Gasteiger partial charge in [-0.05, 0) is 65.4 Å². The fourth-order valence-electron chi connectivity index (χ4n) is 2.81. The van der Waals surface area contributed by atoms with E-state index in [-0.39, 0.29) is 0 Å². The van der Waals surface area contributed by atoms with Crippen LogP contribution in [0.3, 0.4) is 0 Å². The first-order valence-electron chi connectivity index (χ1n) is 8.57. The molecule has 0 radical (unpaired) electrons. The molecule has 0 spiro atoms. The Bertz CT molecular complexity index is 380. The number of nitrogens with zero attached hydrogens (tertiary/aromatic N) is 1. The van der Waals surface area contributed by atoms with E-state index in [2.05, 4.69) is 63.2 Å². The molecule has 0 aliphatic heterocycles. The number of rotatable bonds is 10. The summed E-state index contributed by atoms with van der Waals surface area (Å²) >= 11 is 0. The Morgan fingerprint density at radius 1 is 1.00 bits per heavy atom. The minimum atomic E-state index is 0.479. The first-order chi connectivity index (χ1) is 10.1. The third kappa shape index (κ3) is 7.10. The lowest BCUT2D eigenvalue weighted by Crippen LogP contribution is -2.28. The molecule has 0 fully saturated rings. The Hall–Kier alpha value is -0.860. The maximum atomic E-state index is 3.72. The van der Waals surface area contributed by atoms with Crippen LogP contribution in [-0.4, -0.2) is 31.6 Å². The van der Waals surface area contributed by atoms with Crippen LogP contribution >= 0.6 is 0 Å². The van der Waals surface area contributed by atoms with Gasteiger partial charge in [0.1, 0.15) is 0 Å². The second-order valence-electron chi connectivity index (χ2n) is 6.37. The van der Waals surface area contributed by atoms with Crippen molar-refractivity contribution >= 4 is 0 Å². The highest BCUT2D eigenvalue weighted by Gasteiger charge is 2.12. The van der Waals surface area contributed by atoms with Crippen molar-refractivity contribution in [2.75, 3.05) is 26.7 Å². The topological polar surface area (TPSA) is 15.3 Å². The second-order valence-corrected chi connectivity index (χ2v) is 6.37. The summed E-state index contributed by atoms with van der Waals surface area (Å²) in [6, 6.07) is 7.42. The third-order valence-corrected chi connectivity index (χ3v) is 3.98. The molecule has 2 nitrogen and oxygen atoms in total. The number of aryl methyl sites for hydroxylation is 2. The highest BCUT2D eigenvalue weighted by atomic mass is 15.1. The van der Waals surface area contributed by atoms with E-state index in [0.717, 1.165) is 13.1 Å². The summed E-state index contributed by atoms with van der Waals surface area (Å²) in [4.78, 5) is 2.47. The molecule has 1 rings (SSSR count). The molecule has 0 aliphatic rings. The second kappa shape index (κ2) is 9.97. The Labute approximate surface area is 131 Å². The molecule has 0 saturated heterocycles. The van der Waals surface area contributed by atoms with E-state index in [4.69, 9.17) is 0 Å². The van der Waals surface area contributed by atoms with Gasteiger partial charge in [0.2, 0.25) is 0 Å². The summed E-state index contributed by atoms with van der Waals surface area (Å²) < 4.78 is 0. The van der Waals surface area contributed by atoms with Crippen LogP contribution in [0.5, 0.6) is 0 Å². The fourth-order valence-corrected chi connectivity index (χ4v) is 2.81. The molecule has 1 aromatic carbocycles. The zero-order chi connectivity index (χ0) is 15.7. The average Bonchev–Trinajstić information content (AvgIpc) is 2.44. The SMILES string of the molecule is CCCCN(C)CCC(NCCC)c1cc(C)cc(C)c1. The number of benzene rings is 1. The Morgan fingerprint density at radius 2 is 1.67 bits per heavy atom. The van der Waals surface area contributed by atoms with E-state index in [9.17, 15) is 0 Å². The highest BCUT2D eigenvalue weighted by molar-refractivity contribution is 5.30. The van der Waals surface area contributed by atoms with E-state index in [1.165, 1.54) is 48.9 Å². The molecule has 0 amide bonds. The van der Waals surface area contributed by atoms with Crippen molar-refractivity contribution in [1.82, 2.24) is 10.2 Å². The molecule has 1 N–H and O–H groups in total. The summed E-state index contributed by atoms with van der Waals surface area (Å²) in [5, 5.41) is 3.72. The predicted molar refractivity (Wildman–Crippen MR) is 94.0 cm³/mol. The average molecular weight is 290 g/mol. The quantitative estimate of drug-likeness (QED) is 0.684. The van der Waals surface area contributed by atoms with Gasteiger partial charge in [0.25, 0.3) is 0 Å². The molecule has 1 unspecified atom stereocenters. The Balaban J connectivity index is 2.66. The summed E-state index contributed by atoms with van der Waals surface area (Å²) in [7, 11) is 2.24. The van der Waals surface area contributed by atoms with E-state index in [1.54, 1.807) is 0 Å². The van der Waals surface area contributed by atoms with Gasteiger partial charge in [-0.25, -0.2) is 0 Å². The summed E-state index contributed by atoms with van der Waals surface area (Å²) in [5.41, 5.74) is 4.19. The van der Waals surface area contributed by atoms with Crippen LogP contribution in [0.2, 0.25) is 0 Å². The van der Waals surface area contributed by atoms with Crippen molar-refractivity contribution in [3.8, 4) is 0 Å². The molecule has 0 bridgehead atoms. The normalized spacial score (nSPS) is 12.9. The van der Waals surface area contributed by atoms with Crippen LogP contribution < -0.4 is 5.32 Å². The van der Waals surface area contributed by atoms with Crippen LogP contribution in [0.1, 0.15) is 62.3 Å². The third-order valence-electron chi connectivity index (χ3n) is 3.98. The number of hydrogen-bond acceptors (Lipinski definition) is 2. The van der Waals surface area contributed by atoms with Crippen LogP contribution in [0.25, 0.3) is 0 Å². The maximum Gasteiger partial charge on any atom is 0.0332 e. The van der Waals surface area contributed by atoms with Gasteiger partial charge in [-0.1, -0.05) is 49.6 Å². The fraction of sp³-hybridized carbons (Fsp3) is 0.684. The molecule has 1 atom stereocenters. The lowest BCUT2D eigenvalue weighted by atomic mass is 9.98. The molecule has 0 aliphatic carbocycles.